The van der Waals surface area contributed by atoms with Crippen LogP contribution < -0.4 is 5.32 Å². The monoisotopic (exact) mass is 352 g/mol. The van der Waals surface area contributed by atoms with Gasteiger partial charge in [-0.2, -0.15) is 0 Å². The minimum atomic E-state index is -1.04. The summed E-state index contributed by atoms with van der Waals surface area (Å²) in [6.45, 7) is 0.381. The molecule has 1 heterocycles. The Labute approximate surface area is 144 Å². The summed E-state index contributed by atoms with van der Waals surface area (Å²) >= 11 is 0. The topological polar surface area (TPSA) is 114 Å². The van der Waals surface area contributed by atoms with E-state index in [1.54, 1.807) is 12.1 Å². The average molecular weight is 352 g/mol. The van der Waals surface area contributed by atoms with Gasteiger partial charge in [0.05, 0.1) is 32.9 Å². The summed E-state index contributed by atoms with van der Waals surface area (Å²) in [6.07, 6.45) is -2.11. The first-order chi connectivity index (χ1) is 12.0. The van der Waals surface area contributed by atoms with Gasteiger partial charge >= 0.3 is 18.2 Å². The molecule has 0 radical (unpaired) electrons. The Bertz CT molecular complexity index is 602. The fraction of sp³-hybridized carbons (Fsp3) is 0.438. The summed E-state index contributed by atoms with van der Waals surface area (Å²) in [5, 5.41) is 11.1. The normalized spacial score (nSPS) is 15.0. The fourth-order valence-corrected chi connectivity index (χ4v) is 2.15. The van der Waals surface area contributed by atoms with Crippen LogP contribution in [0.25, 0.3) is 0 Å². The third-order valence-corrected chi connectivity index (χ3v) is 3.61. The lowest BCUT2D eigenvalue weighted by molar-refractivity contribution is -0.146. The molecule has 2 N–H and O–H groups in total. The molecule has 2 rings (SSSR count). The van der Waals surface area contributed by atoms with Gasteiger partial charge in [0.15, 0.2) is 6.04 Å². The van der Waals surface area contributed by atoms with Crippen molar-refractivity contribution in [2.45, 2.75) is 18.8 Å². The molecular weight excluding hydrogens is 332 g/mol. The number of carbonyl (C=O) groups is 3. The molecule has 1 atom stereocenters. The van der Waals surface area contributed by atoms with Gasteiger partial charge in [-0.1, -0.05) is 30.3 Å². The van der Waals surface area contributed by atoms with E-state index in [1.165, 1.54) is 12.0 Å². The molecule has 9 nitrogen and oxygen atoms in total. The van der Waals surface area contributed by atoms with E-state index >= 15 is 0 Å². The number of ether oxygens (including phenoxy) is 3. The summed E-state index contributed by atoms with van der Waals surface area (Å²) in [5.41, 5.74) is 0.812. The van der Waals surface area contributed by atoms with Gasteiger partial charge < -0.3 is 29.5 Å². The van der Waals surface area contributed by atoms with Crippen LogP contribution in [0.5, 0.6) is 0 Å². The van der Waals surface area contributed by atoms with Crippen molar-refractivity contribution < 1.29 is 33.7 Å². The van der Waals surface area contributed by atoms with E-state index in [9.17, 15) is 14.4 Å². The first kappa shape index (κ1) is 18.5. The number of carbonyl (C=O) groups excluding carboxylic acids is 2. The van der Waals surface area contributed by atoms with E-state index in [-0.39, 0.29) is 32.4 Å². The molecular formula is C16H20N2O7. The van der Waals surface area contributed by atoms with Crippen LogP contribution in [0, 0.1) is 0 Å². The van der Waals surface area contributed by atoms with Gasteiger partial charge in [0.25, 0.3) is 0 Å². The summed E-state index contributed by atoms with van der Waals surface area (Å²) in [7, 11) is 1.20. The maximum absolute atomic E-state index is 11.8. The smallest absolute Gasteiger partial charge is 0.408 e. The van der Waals surface area contributed by atoms with Crippen molar-refractivity contribution in [3.05, 3.63) is 35.9 Å². The molecule has 0 aliphatic carbocycles. The van der Waals surface area contributed by atoms with Crippen LogP contribution >= 0.6 is 0 Å². The fourth-order valence-electron chi connectivity index (χ4n) is 2.15. The summed E-state index contributed by atoms with van der Waals surface area (Å²) < 4.78 is 15.1. The van der Waals surface area contributed by atoms with Crippen LogP contribution in [0.1, 0.15) is 5.56 Å². The molecule has 9 heteroatoms. The minimum Gasteiger partial charge on any atom is -0.467 e. The second-order valence-corrected chi connectivity index (χ2v) is 5.42. The number of rotatable bonds is 7. The number of hydrogen-bond donors (Lipinski definition) is 2. The molecule has 136 valence electrons. The number of amides is 2. The van der Waals surface area contributed by atoms with Gasteiger partial charge in [0.1, 0.15) is 6.61 Å². The lowest BCUT2D eigenvalue weighted by Gasteiger charge is -2.37. The summed E-state index contributed by atoms with van der Waals surface area (Å²) in [4.78, 5) is 35.4. The van der Waals surface area contributed by atoms with Gasteiger partial charge in [0, 0.05) is 0 Å². The van der Waals surface area contributed by atoms with Gasteiger partial charge in [0.2, 0.25) is 0 Å². The number of nitrogens with one attached hydrogen (secondary N) is 1. The molecule has 0 spiro atoms. The average Bonchev–Trinajstić information content (AvgIpc) is 2.57. The number of nitrogens with zero attached hydrogens (tertiary/aromatic N) is 1. The Morgan fingerprint density at radius 3 is 2.56 bits per heavy atom. The molecule has 1 unspecified atom stereocenters. The van der Waals surface area contributed by atoms with E-state index in [0.717, 1.165) is 5.56 Å². The van der Waals surface area contributed by atoms with Crippen LogP contribution in [0.15, 0.2) is 30.3 Å². The molecule has 0 saturated carbocycles. The van der Waals surface area contributed by atoms with Gasteiger partial charge in [-0.25, -0.2) is 14.4 Å². The van der Waals surface area contributed by atoms with Gasteiger partial charge in [-0.3, -0.25) is 0 Å². The minimum absolute atomic E-state index is 0.0671. The van der Waals surface area contributed by atoms with Crippen molar-refractivity contribution in [2.24, 2.45) is 0 Å². The van der Waals surface area contributed by atoms with Crippen molar-refractivity contribution in [1.29, 1.82) is 0 Å². The molecule has 1 aliphatic heterocycles. The molecule has 25 heavy (non-hydrogen) atoms. The number of hydrogen-bond acceptors (Lipinski definition) is 6. The Balaban J connectivity index is 1.76. The molecule has 0 aromatic heterocycles. The second kappa shape index (κ2) is 8.88. The van der Waals surface area contributed by atoms with Crippen molar-refractivity contribution >= 4 is 18.2 Å². The number of alkyl carbamates (subject to hydrolysis) is 1. The Morgan fingerprint density at radius 1 is 1.28 bits per heavy atom. The van der Waals surface area contributed by atoms with Crippen LogP contribution in [0.2, 0.25) is 0 Å². The van der Waals surface area contributed by atoms with E-state index in [0.29, 0.717) is 0 Å². The summed E-state index contributed by atoms with van der Waals surface area (Å²) in [5.74, 6) is -0.675. The van der Waals surface area contributed by atoms with E-state index in [1.807, 2.05) is 18.2 Å². The number of methoxy groups -OCH3 is 1. The number of likely N-dealkylation sites (tertiary alicyclic amines) is 1. The number of esters is 1. The number of carboxylic acid groups (broad SMARTS) is 1. The highest BCUT2D eigenvalue weighted by Gasteiger charge is 2.33. The Morgan fingerprint density at radius 2 is 1.96 bits per heavy atom. The zero-order valence-electron chi connectivity index (χ0n) is 13.7. The Kier molecular flexibility index (Phi) is 6.58. The first-order valence-corrected chi connectivity index (χ1v) is 7.64. The molecule has 1 aliphatic rings. The number of benzene rings is 1. The maximum atomic E-state index is 11.8. The molecule has 0 bridgehead atoms. The predicted molar refractivity (Wildman–Crippen MR) is 84.9 cm³/mol. The summed E-state index contributed by atoms with van der Waals surface area (Å²) in [6, 6.07) is 8.06. The molecule has 1 aromatic rings. The van der Waals surface area contributed by atoms with Crippen LogP contribution in [0.4, 0.5) is 9.59 Å². The largest absolute Gasteiger partial charge is 0.467 e. The van der Waals surface area contributed by atoms with E-state index in [4.69, 9.17) is 14.6 Å². The third kappa shape index (κ3) is 5.64. The SMILES string of the molecule is COC(=O)C(COC1CN(C(=O)O)C1)NC(=O)OCc1ccccc1. The van der Waals surface area contributed by atoms with Gasteiger partial charge in [-0.05, 0) is 5.56 Å². The van der Waals surface area contributed by atoms with Crippen molar-refractivity contribution in [1.82, 2.24) is 10.2 Å². The standard InChI is InChI=1S/C16H20N2O7/c1-23-14(19)13(10-24-12-7-18(8-12)16(21)22)17-15(20)25-9-11-5-3-2-4-6-11/h2-6,12-13H,7-10H2,1H3,(H,17,20)(H,21,22). The van der Waals surface area contributed by atoms with E-state index < -0.39 is 24.2 Å². The highest BCUT2D eigenvalue weighted by atomic mass is 16.6. The highest BCUT2D eigenvalue weighted by molar-refractivity contribution is 5.81. The predicted octanol–water partition coefficient (Wildman–Crippen LogP) is 0.833. The first-order valence-electron chi connectivity index (χ1n) is 7.64. The van der Waals surface area contributed by atoms with Crippen molar-refractivity contribution in [3.8, 4) is 0 Å². The van der Waals surface area contributed by atoms with Gasteiger partial charge in [-0.15, -0.1) is 0 Å². The lowest BCUT2D eigenvalue weighted by atomic mass is 10.2. The molecule has 2 amide bonds. The third-order valence-electron chi connectivity index (χ3n) is 3.61. The zero-order valence-corrected chi connectivity index (χ0v) is 13.7. The Hall–Kier alpha value is -2.81. The molecule has 1 saturated heterocycles. The van der Waals surface area contributed by atoms with Crippen molar-refractivity contribution in [2.75, 3.05) is 26.8 Å². The van der Waals surface area contributed by atoms with Crippen LogP contribution in [-0.4, -0.2) is 67.1 Å². The lowest BCUT2D eigenvalue weighted by Crippen LogP contribution is -2.56. The van der Waals surface area contributed by atoms with Crippen molar-refractivity contribution in [3.63, 3.8) is 0 Å². The quantitative estimate of drug-likeness (QED) is 0.699. The highest BCUT2D eigenvalue weighted by Crippen LogP contribution is 2.12. The van der Waals surface area contributed by atoms with Crippen LogP contribution in [0.3, 0.4) is 0 Å². The zero-order chi connectivity index (χ0) is 18.2. The van der Waals surface area contributed by atoms with E-state index in [2.05, 4.69) is 10.1 Å². The second-order valence-electron chi connectivity index (χ2n) is 5.42. The molecule has 1 aromatic carbocycles. The maximum Gasteiger partial charge on any atom is 0.408 e. The van der Waals surface area contributed by atoms with Crippen LogP contribution in [-0.2, 0) is 25.6 Å². The molecule has 1 fully saturated rings.